The minimum absolute atomic E-state index is 0.556. The first kappa shape index (κ1) is 14.5. The third-order valence-electron chi connectivity index (χ3n) is 4.14. The summed E-state index contributed by atoms with van der Waals surface area (Å²) in [6.07, 6.45) is 1.26. The van der Waals surface area contributed by atoms with Crippen LogP contribution in [0.2, 0.25) is 0 Å². The van der Waals surface area contributed by atoms with Crippen molar-refractivity contribution >= 4 is 0 Å². The van der Waals surface area contributed by atoms with Gasteiger partial charge in [-0.25, -0.2) is 0 Å². The minimum atomic E-state index is 0.556. The Kier molecular flexibility index (Phi) is 5.00. The van der Waals surface area contributed by atoms with Gasteiger partial charge < -0.3 is 5.32 Å². The fraction of sp³-hybridized carbons (Fsp3) is 0.647. The molecule has 1 aliphatic heterocycles. The maximum Gasteiger partial charge on any atom is 0.0374 e. The van der Waals surface area contributed by atoms with Gasteiger partial charge in [-0.1, -0.05) is 37.6 Å². The Labute approximate surface area is 118 Å². The van der Waals surface area contributed by atoms with E-state index in [1.165, 1.54) is 29.7 Å². The highest BCUT2D eigenvalue weighted by Gasteiger charge is 2.25. The summed E-state index contributed by atoms with van der Waals surface area (Å²) in [4.78, 5) is 2.67. The summed E-state index contributed by atoms with van der Waals surface area (Å²) in [6.45, 7) is 13.8. The number of hydrogen-bond donors (Lipinski definition) is 1. The summed E-state index contributed by atoms with van der Waals surface area (Å²) in [5.74, 6) is 0.652. The van der Waals surface area contributed by atoms with E-state index in [0.717, 1.165) is 19.6 Å². The minimum Gasteiger partial charge on any atom is -0.315 e. The molecule has 0 aliphatic carbocycles. The second-order valence-electron chi connectivity index (χ2n) is 6.19. The smallest absolute Gasteiger partial charge is 0.0374 e. The summed E-state index contributed by atoms with van der Waals surface area (Å²) in [6, 6.07) is 7.47. The largest absolute Gasteiger partial charge is 0.315 e. The van der Waals surface area contributed by atoms with E-state index in [2.05, 4.69) is 56.1 Å². The maximum absolute atomic E-state index is 3.50. The normalized spacial score (nSPS) is 19.4. The zero-order valence-corrected chi connectivity index (χ0v) is 12.9. The highest BCUT2D eigenvalue weighted by Crippen LogP contribution is 2.31. The molecule has 0 spiro atoms. The fourth-order valence-corrected chi connectivity index (χ4v) is 3.28. The molecule has 19 heavy (non-hydrogen) atoms. The maximum atomic E-state index is 3.50. The van der Waals surface area contributed by atoms with Crippen LogP contribution in [0.3, 0.4) is 0 Å². The molecule has 0 bridgehead atoms. The van der Waals surface area contributed by atoms with E-state index in [1.54, 1.807) is 0 Å². The van der Waals surface area contributed by atoms with Crippen LogP contribution in [0.5, 0.6) is 0 Å². The Morgan fingerprint density at radius 3 is 2.58 bits per heavy atom. The van der Waals surface area contributed by atoms with E-state index >= 15 is 0 Å². The molecule has 2 heteroatoms. The Balaban J connectivity index is 2.28. The number of nitrogens with zero attached hydrogens (tertiary/aromatic N) is 1. The molecule has 0 saturated carbocycles. The third kappa shape index (κ3) is 3.58. The molecule has 2 rings (SSSR count). The van der Waals surface area contributed by atoms with E-state index < -0.39 is 0 Å². The highest BCUT2D eigenvalue weighted by molar-refractivity contribution is 5.33. The summed E-state index contributed by atoms with van der Waals surface area (Å²) in [5.41, 5.74) is 4.32. The highest BCUT2D eigenvalue weighted by atomic mass is 15.2. The van der Waals surface area contributed by atoms with Gasteiger partial charge in [0.1, 0.15) is 0 Å². The Morgan fingerprint density at radius 1 is 1.11 bits per heavy atom. The summed E-state index contributed by atoms with van der Waals surface area (Å²) < 4.78 is 0. The Bertz CT molecular complexity index is 404. The number of aryl methyl sites for hydroxylation is 2. The first-order chi connectivity index (χ1) is 9.09. The van der Waals surface area contributed by atoms with E-state index in [9.17, 15) is 0 Å². The van der Waals surface area contributed by atoms with Crippen LogP contribution < -0.4 is 5.32 Å². The van der Waals surface area contributed by atoms with Gasteiger partial charge in [0.25, 0.3) is 0 Å². The molecule has 0 aromatic heterocycles. The molecule has 1 saturated heterocycles. The molecule has 2 nitrogen and oxygen atoms in total. The molecule has 106 valence electrons. The third-order valence-corrected chi connectivity index (χ3v) is 4.14. The first-order valence-electron chi connectivity index (χ1n) is 7.61. The van der Waals surface area contributed by atoms with Crippen molar-refractivity contribution in [2.75, 3.05) is 26.2 Å². The van der Waals surface area contributed by atoms with E-state index in [-0.39, 0.29) is 0 Å². The molecule has 1 fully saturated rings. The molecule has 1 aliphatic rings. The average molecular weight is 260 g/mol. The molecule has 0 radical (unpaired) electrons. The van der Waals surface area contributed by atoms with Gasteiger partial charge in [-0.05, 0) is 43.9 Å². The zero-order valence-electron chi connectivity index (χ0n) is 12.9. The molecule has 1 heterocycles. The molecule has 1 N–H and O–H groups in total. The van der Waals surface area contributed by atoms with Crippen LogP contribution in [0.1, 0.15) is 43.0 Å². The van der Waals surface area contributed by atoms with E-state index in [4.69, 9.17) is 0 Å². The average Bonchev–Trinajstić information content (AvgIpc) is 2.61. The lowest BCUT2D eigenvalue weighted by atomic mass is 9.90. The molecular weight excluding hydrogens is 232 g/mol. The summed E-state index contributed by atoms with van der Waals surface area (Å²) >= 11 is 0. The van der Waals surface area contributed by atoms with Crippen LogP contribution in [-0.4, -0.2) is 31.1 Å². The first-order valence-corrected chi connectivity index (χ1v) is 7.61. The molecule has 0 amide bonds. The van der Waals surface area contributed by atoms with E-state index in [0.29, 0.717) is 12.0 Å². The zero-order chi connectivity index (χ0) is 13.8. The van der Waals surface area contributed by atoms with Crippen LogP contribution in [-0.2, 0) is 0 Å². The predicted octanol–water partition coefficient (Wildman–Crippen LogP) is 3.30. The van der Waals surface area contributed by atoms with Gasteiger partial charge in [0.15, 0.2) is 0 Å². The fourth-order valence-electron chi connectivity index (χ4n) is 3.28. The topological polar surface area (TPSA) is 15.3 Å². The monoisotopic (exact) mass is 260 g/mol. The van der Waals surface area contributed by atoms with Crippen molar-refractivity contribution in [3.63, 3.8) is 0 Å². The standard InChI is InChI=1S/C17H28N2/c1-13(2)17(19-10-5-8-18-9-11-19)16-7-6-14(3)12-15(16)4/h6-7,12-13,17-18H,5,8-11H2,1-4H3. The van der Waals surface area contributed by atoms with Crippen molar-refractivity contribution in [2.24, 2.45) is 5.92 Å². The van der Waals surface area contributed by atoms with Gasteiger partial charge in [0.2, 0.25) is 0 Å². The van der Waals surface area contributed by atoms with E-state index in [1.807, 2.05) is 0 Å². The van der Waals surface area contributed by atoms with Gasteiger partial charge in [0.05, 0.1) is 0 Å². The van der Waals surface area contributed by atoms with Crippen LogP contribution in [0.15, 0.2) is 18.2 Å². The lowest BCUT2D eigenvalue weighted by Gasteiger charge is -2.35. The molecule has 1 aromatic carbocycles. The lowest BCUT2D eigenvalue weighted by Crippen LogP contribution is -2.35. The van der Waals surface area contributed by atoms with Crippen LogP contribution >= 0.6 is 0 Å². The number of benzene rings is 1. The van der Waals surface area contributed by atoms with Crippen LogP contribution in [0.4, 0.5) is 0 Å². The Hall–Kier alpha value is -0.860. The number of nitrogens with one attached hydrogen (secondary N) is 1. The summed E-state index contributed by atoms with van der Waals surface area (Å²) in [5, 5.41) is 3.50. The van der Waals surface area contributed by atoms with Gasteiger partial charge in [0, 0.05) is 25.7 Å². The van der Waals surface area contributed by atoms with Crippen molar-refractivity contribution in [1.29, 1.82) is 0 Å². The quantitative estimate of drug-likeness (QED) is 0.897. The molecular formula is C17H28N2. The van der Waals surface area contributed by atoms with Crippen LogP contribution in [0.25, 0.3) is 0 Å². The molecule has 1 aromatic rings. The van der Waals surface area contributed by atoms with Gasteiger partial charge in [-0.2, -0.15) is 0 Å². The van der Waals surface area contributed by atoms with Gasteiger partial charge >= 0.3 is 0 Å². The Morgan fingerprint density at radius 2 is 1.89 bits per heavy atom. The van der Waals surface area contributed by atoms with Crippen molar-refractivity contribution in [3.8, 4) is 0 Å². The van der Waals surface area contributed by atoms with Crippen molar-refractivity contribution in [2.45, 2.75) is 40.2 Å². The second-order valence-corrected chi connectivity index (χ2v) is 6.19. The van der Waals surface area contributed by atoms with Crippen molar-refractivity contribution in [3.05, 3.63) is 34.9 Å². The lowest BCUT2D eigenvalue weighted by molar-refractivity contribution is 0.165. The van der Waals surface area contributed by atoms with Crippen molar-refractivity contribution in [1.82, 2.24) is 10.2 Å². The predicted molar refractivity (Wildman–Crippen MR) is 82.6 cm³/mol. The summed E-state index contributed by atoms with van der Waals surface area (Å²) in [7, 11) is 0. The number of hydrogen-bond acceptors (Lipinski definition) is 2. The SMILES string of the molecule is Cc1ccc(C(C(C)C)N2CCCNCC2)c(C)c1. The van der Waals surface area contributed by atoms with Gasteiger partial charge in [-0.15, -0.1) is 0 Å². The number of rotatable bonds is 3. The van der Waals surface area contributed by atoms with Crippen LogP contribution in [0, 0.1) is 19.8 Å². The molecule has 1 unspecified atom stereocenters. The van der Waals surface area contributed by atoms with Gasteiger partial charge in [-0.3, -0.25) is 4.90 Å². The second kappa shape index (κ2) is 6.53. The molecule has 1 atom stereocenters. The van der Waals surface area contributed by atoms with Crippen molar-refractivity contribution < 1.29 is 0 Å².